The molecule has 1 aromatic heterocycles. The van der Waals surface area contributed by atoms with Crippen LogP contribution in [0.5, 0.6) is 0 Å². The van der Waals surface area contributed by atoms with Gasteiger partial charge in [-0.15, -0.1) is 0 Å². The Morgan fingerprint density at radius 3 is 2.59 bits per heavy atom. The zero-order valence-electron chi connectivity index (χ0n) is 10.2. The highest BCUT2D eigenvalue weighted by Crippen LogP contribution is 2.16. The second kappa shape index (κ2) is 7.22. The molecule has 4 nitrogen and oxygen atoms in total. The average molecular weight is 256 g/mol. The predicted octanol–water partition coefficient (Wildman–Crippen LogP) is 3.28. The van der Waals surface area contributed by atoms with Crippen molar-refractivity contribution in [3.05, 3.63) is 17.5 Å². The second-order valence-electron chi connectivity index (χ2n) is 3.97. The Bertz CT molecular complexity index is 365. The Hall–Kier alpha value is -1.16. The first-order chi connectivity index (χ1) is 8.17. The molecule has 94 valence electrons. The van der Waals surface area contributed by atoms with E-state index in [1.54, 1.807) is 6.07 Å². The smallest absolute Gasteiger partial charge is 0.228 e. The summed E-state index contributed by atoms with van der Waals surface area (Å²) in [5, 5.41) is 2.92. The molecule has 0 aliphatic rings. The minimum Gasteiger partial charge on any atom is -0.310 e. The van der Waals surface area contributed by atoms with Gasteiger partial charge in [-0.05, 0) is 30.5 Å². The maximum Gasteiger partial charge on any atom is 0.228 e. The largest absolute Gasteiger partial charge is 0.310 e. The van der Waals surface area contributed by atoms with Gasteiger partial charge in [-0.25, -0.2) is 9.97 Å². The lowest BCUT2D eigenvalue weighted by atomic mass is 9.97. The molecule has 0 saturated heterocycles. The summed E-state index contributed by atoms with van der Waals surface area (Å²) in [4.78, 5) is 19.7. The van der Waals surface area contributed by atoms with Crippen LogP contribution in [0.3, 0.4) is 0 Å². The average Bonchev–Trinajstić information content (AvgIpc) is 2.28. The number of halogens is 1. The maximum absolute atomic E-state index is 12.0. The van der Waals surface area contributed by atoms with Crippen molar-refractivity contribution in [1.82, 2.24) is 9.97 Å². The zero-order chi connectivity index (χ0) is 12.7. The molecule has 5 heteroatoms. The predicted molar refractivity (Wildman–Crippen MR) is 69.0 cm³/mol. The molecular weight excluding hydrogens is 238 g/mol. The van der Waals surface area contributed by atoms with E-state index in [1.807, 2.05) is 0 Å². The molecule has 0 spiro atoms. The number of hydrogen-bond donors (Lipinski definition) is 1. The summed E-state index contributed by atoms with van der Waals surface area (Å²) in [6, 6.07) is 1.64. The Morgan fingerprint density at radius 2 is 2.06 bits per heavy atom. The highest BCUT2D eigenvalue weighted by molar-refractivity contribution is 6.28. The molecule has 0 bridgehead atoms. The Labute approximate surface area is 107 Å². The SMILES string of the molecule is CCCC(CCC)C(=O)Nc1ccnc(Cl)n1. The van der Waals surface area contributed by atoms with Crippen molar-refractivity contribution < 1.29 is 4.79 Å². The Balaban J connectivity index is 2.62. The molecule has 1 rings (SSSR count). The number of amides is 1. The van der Waals surface area contributed by atoms with Gasteiger partial charge >= 0.3 is 0 Å². The first-order valence-corrected chi connectivity index (χ1v) is 6.34. The van der Waals surface area contributed by atoms with Crippen LogP contribution < -0.4 is 5.32 Å². The summed E-state index contributed by atoms with van der Waals surface area (Å²) < 4.78 is 0. The number of carbonyl (C=O) groups excluding carboxylic acids is 1. The molecule has 1 amide bonds. The number of aromatic nitrogens is 2. The van der Waals surface area contributed by atoms with Crippen LogP contribution in [0, 0.1) is 5.92 Å². The highest BCUT2D eigenvalue weighted by Gasteiger charge is 2.17. The van der Waals surface area contributed by atoms with E-state index in [1.165, 1.54) is 6.20 Å². The molecule has 0 aromatic carbocycles. The molecular formula is C12H18ClN3O. The summed E-state index contributed by atoms with van der Waals surface area (Å²) in [7, 11) is 0. The number of nitrogens with zero attached hydrogens (tertiary/aromatic N) is 2. The van der Waals surface area contributed by atoms with E-state index in [9.17, 15) is 4.79 Å². The van der Waals surface area contributed by atoms with Gasteiger partial charge in [-0.3, -0.25) is 4.79 Å². The molecule has 0 radical (unpaired) electrons. The van der Waals surface area contributed by atoms with Crippen LogP contribution >= 0.6 is 11.6 Å². The van der Waals surface area contributed by atoms with E-state index in [0.29, 0.717) is 5.82 Å². The quantitative estimate of drug-likeness (QED) is 0.794. The highest BCUT2D eigenvalue weighted by atomic mass is 35.5. The molecule has 1 heterocycles. The number of carbonyl (C=O) groups is 1. The monoisotopic (exact) mass is 255 g/mol. The minimum absolute atomic E-state index is 0.0171. The third-order valence-electron chi connectivity index (χ3n) is 2.52. The van der Waals surface area contributed by atoms with E-state index in [4.69, 9.17) is 11.6 Å². The Morgan fingerprint density at radius 1 is 1.41 bits per heavy atom. The van der Waals surface area contributed by atoms with Gasteiger partial charge in [0.25, 0.3) is 0 Å². The number of nitrogens with one attached hydrogen (secondary N) is 1. The van der Waals surface area contributed by atoms with Gasteiger partial charge in [0.15, 0.2) is 0 Å². The van der Waals surface area contributed by atoms with Gasteiger partial charge in [0.2, 0.25) is 11.2 Å². The molecule has 0 unspecified atom stereocenters. The Kier molecular flexibility index (Phi) is 5.91. The number of rotatable bonds is 6. The molecule has 0 atom stereocenters. The van der Waals surface area contributed by atoms with Crippen LogP contribution in [0.1, 0.15) is 39.5 Å². The van der Waals surface area contributed by atoms with Crippen LogP contribution in [0.25, 0.3) is 0 Å². The zero-order valence-corrected chi connectivity index (χ0v) is 11.0. The first kappa shape index (κ1) is 13.9. The molecule has 0 saturated carbocycles. The summed E-state index contributed by atoms with van der Waals surface area (Å²) >= 11 is 5.66. The van der Waals surface area contributed by atoms with Crippen LogP contribution in [-0.4, -0.2) is 15.9 Å². The third kappa shape index (κ3) is 4.69. The molecule has 0 fully saturated rings. The topological polar surface area (TPSA) is 54.9 Å². The third-order valence-corrected chi connectivity index (χ3v) is 2.70. The van der Waals surface area contributed by atoms with Crippen LogP contribution in [-0.2, 0) is 4.79 Å². The van der Waals surface area contributed by atoms with Crippen molar-refractivity contribution in [3.63, 3.8) is 0 Å². The van der Waals surface area contributed by atoms with Crippen molar-refractivity contribution in [2.75, 3.05) is 5.32 Å². The fraction of sp³-hybridized carbons (Fsp3) is 0.583. The fourth-order valence-corrected chi connectivity index (χ4v) is 1.88. The normalized spacial score (nSPS) is 10.6. The van der Waals surface area contributed by atoms with Crippen molar-refractivity contribution in [2.24, 2.45) is 5.92 Å². The van der Waals surface area contributed by atoms with Gasteiger partial charge in [0, 0.05) is 12.1 Å². The van der Waals surface area contributed by atoms with Crippen molar-refractivity contribution in [1.29, 1.82) is 0 Å². The molecule has 0 aliphatic carbocycles. The van der Waals surface area contributed by atoms with Crippen LogP contribution in [0.2, 0.25) is 5.28 Å². The summed E-state index contributed by atoms with van der Waals surface area (Å²) in [6.45, 7) is 4.16. The molecule has 1 N–H and O–H groups in total. The fourth-order valence-electron chi connectivity index (χ4n) is 1.74. The lowest BCUT2D eigenvalue weighted by Crippen LogP contribution is -2.23. The van der Waals surface area contributed by atoms with Crippen molar-refractivity contribution in [3.8, 4) is 0 Å². The molecule has 1 aromatic rings. The van der Waals surface area contributed by atoms with E-state index in [2.05, 4.69) is 29.1 Å². The van der Waals surface area contributed by atoms with Crippen LogP contribution in [0.15, 0.2) is 12.3 Å². The van der Waals surface area contributed by atoms with E-state index in [-0.39, 0.29) is 17.1 Å². The van der Waals surface area contributed by atoms with Gasteiger partial charge in [-0.1, -0.05) is 26.7 Å². The molecule has 17 heavy (non-hydrogen) atoms. The van der Waals surface area contributed by atoms with Gasteiger partial charge in [-0.2, -0.15) is 0 Å². The van der Waals surface area contributed by atoms with E-state index >= 15 is 0 Å². The lowest BCUT2D eigenvalue weighted by molar-refractivity contribution is -0.120. The number of hydrogen-bond acceptors (Lipinski definition) is 3. The standard InChI is InChI=1S/C12H18ClN3O/c1-3-5-9(6-4-2)11(17)15-10-7-8-14-12(13)16-10/h7-9H,3-6H2,1-2H3,(H,14,15,16,17). The van der Waals surface area contributed by atoms with Crippen LogP contribution in [0.4, 0.5) is 5.82 Å². The van der Waals surface area contributed by atoms with Gasteiger partial charge < -0.3 is 5.32 Å². The number of anilines is 1. The first-order valence-electron chi connectivity index (χ1n) is 5.96. The van der Waals surface area contributed by atoms with Gasteiger partial charge in [0.05, 0.1) is 0 Å². The van der Waals surface area contributed by atoms with Crippen molar-refractivity contribution in [2.45, 2.75) is 39.5 Å². The van der Waals surface area contributed by atoms with Gasteiger partial charge in [0.1, 0.15) is 5.82 Å². The van der Waals surface area contributed by atoms with Crippen molar-refractivity contribution >= 4 is 23.3 Å². The summed E-state index contributed by atoms with van der Waals surface area (Å²) in [5.74, 6) is 0.536. The van der Waals surface area contributed by atoms with E-state index in [0.717, 1.165) is 25.7 Å². The minimum atomic E-state index is 0.0171. The summed E-state index contributed by atoms with van der Waals surface area (Å²) in [6.07, 6.45) is 5.34. The van der Waals surface area contributed by atoms with E-state index < -0.39 is 0 Å². The maximum atomic E-state index is 12.0. The lowest BCUT2D eigenvalue weighted by Gasteiger charge is -2.14. The summed E-state index contributed by atoms with van der Waals surface area (Å²) in [5.41, 5.74) is 0. The molecule has 0 aliphatic heterocycles. The second-order valence-corrected chi connectivity index (χ2v) is 4.31.